The fraction of sp³-hybridized carbons (Fsp3) is 0.778. The molecule has 0 aliphatic heterocycles. The molecule has 0 saturated carbocycles. The molecular formula is C9H18N2O3. The summed E-state index contributed by atoms with van der Waals surface area (Å²) in [6.07, 6.45) is 0.525. The van der Waals surface area contributed by atoms with E-state index in [1.165, 1.54) is 0 Å². The standard InChI is InChI=1S/C9H18N2O3/c1-5(2)4-7(8(12)13)6(3)11-9(10)14/h5-7H,4H2,1-3H3,(H,12,13)(H3,10,11,14)/t6-,7-/m0/s1. The molecule has 5 heteroatoms. The van der Waals surface area contributed by atoms with Crippen LogP contribution in [0.15, 0.2) is 0 Å². The summed E-state index contributed by atoms with van der Waals surface area (Å²) in [6, 6.07) is -1.13. The quantitative estimate of drug-likeness (QED) is 0.615. The lowest BCUT2D eigenvalue weighted by molar-refractivity contribution is -0.143. The Labute approximate surface area is 83.7 Å². The second-order valence-electron chi connectivity index (χ2n) is 3.87. The first kappa shape index (κ1) is 12.7. The monoisotopic (exact) mass is 202 g/mol. The van der Waals surface area contributed by atoms with Gasteiger partial charge in [0, 0.05) is 6.04 Å². The minimum Gasteiger partial charge on any atom is -0.481 e. The summed E-state index contributed by atoms with van der Waals surface area (Å²) in [5.41, 5.74) is 4.92. The summed E-state index contributed by atoms with van der Waals surface area (Å²) in [7, 11) is 0. The van der Waals surface area contributed by atoms with Crippen molar-refractivity contribution in [1.82, 2.24) is 5.32 Å². The number of hydrogen-bond acceptors (Lipinski definition) is 2. The Morgan fingerprint density at radius 2 is 1.86 bits per heavy atom. The average molecular weight is 202 g/mol. The molecule has 0 aliphatic carbocycles. The van der Waals surface area contributed by atoms with Crippen molar-refractivity contribution in [2.45, 2.75) is 33.2 Å². The first-order valence-corrected chi connectivity index (χ1v) is 4.63. The fourth-order valence-corrected chi connectivity index (χ4v) is 1.35. The molecule has 0 saturated heterocycles. The summed E-state index contributed by atoms with van der Waals surface area (Å²) in [4.78, 5) is 21.4. The van der Waals surface area contributed by atoms with Crippen LogP contribution in [-0.4, -0.2) is 23.1 Å². The van der Waals surface area contributed by atoms with Gasteiger partial charge in [0.25, 0.3) is 0 Å². The van der Waals surface area contributed by atoms with Crippen LogP contribution in [-0.2, 0) is 4.79 Å². The maximum absolute atomic E-state index is 10.9. The third-order valence-corrected chi connectivity index (χ3v) is 2.02. The van der Waals surface area contributed by atoms with E-state index in [-0.39, 0.29) is 5.92 Å². The van der Waals surface area contributed by atoms with Crippen molar-refractivity contribution in [3.05, 3.63) is 0 Å². The first-order valence-electron chi connectivity index (χ1n) is 4.63. The zero-order valence-corrected chi connectivity index (χ0v) is 8.78. The third kappa shape index (κ3) is 4.69. The molecule has 0 spiro atoms. The van der Waals surface area contributed by atoms with E-state index >= 15 is 0 Å². The van der Waals surface area contributed by atoms with Gasteiger partial charge in [0.2, 0.25) is 0 Å². The normalized spacial score (nSPS) is 14.9. The first-order chi connectivity index (χ1) is 6.34. The molecule has 0 aromatic heterocycles. The molecule has 0 heterocycles. The average Bonchev–Trinajstić information content (AvgIpc) is 1.97. The number of hydrogen-bond donors (Lipinski definition) is 3. The smallest absolute Gasteiger partial charge is 0.312 e. The molecule has 14 heavy (non-hydrogen) atoms. The van der Waals surface area contributed by atoms with Gasteiger partial charge in [-0.05, 0) is 19.3 Å². The van der Waals surface area contributed by atoms with Gasteiger partial charge in [0.15, 0.2) is 0 Å². The molecule has 0 fully saturated rings. The van der Waals surface area contributed by atoms with Crippen molar-refractivity contribution in [1.29, 1.82) is 0 Å². The van der Waals surface area contributed by atoms with Crippen molar-refractivity contribution >= 4 is 12.0 Å². The lowest BCUT2D eigenvalue weighted by Crippen LogP contribution is -2.44. The molecule has 82 valence electrons. The highest BCUT2D eigenvalue weighted by Crippen LogP contribution is 2.15. The number of nitrogens with one attached hydrogen (secondary N) is 1. The van der Waals surface area contributed by atoms with Crippen LogP contribution in [0.25, 0.3) is 0 Å². The number of amides is 2. The van der Waals surface area contributed by atoms with Gasteiger partial charge in [-0.3, -0.25) is 4.79 Å². The Morgan fingerprint density at radius 3 is 2.14 bits per heavy atom. The van der Waals surface area contributed by atoms with Crippen LogP contribution >= 0.6 is 0 Å². The number of nitrogens with two attached hydrogens (primary N) is 1. The van der Waals surface area contributed by atoms with Gasteiger partial charge in [-0.2, -0.15) is 0 Å². The Balaban J connectivity index is 4.33. The van der Waals surface area contributed by atoms with E-state index in [1.807, 2.05) is 13.8 Å². The van der Waals surface area contributed by atoms with Gasteiger partial charge in [0.05, 0.1) is 5.92 Å². The summed E-state index contributed by atoms with van der Waals surface area (Å²) in [6.45, 7) is 5.52. The maximum atomic E-state index is 10.9. The van der Waals surface area contributed by atoms with E-state index in [9.17, 15) is 9.59 Å². The Hall–Kier alpha value is -1.26. The highest BCUT2D eigenvalue weighted by molar-refractivity contribution is 5.75. The molecule has 0 aromatic carbocycles. The van der Waals surface area contributed by atoms with Crippen molar-refractivity contribution in [2.75, 3.05) is 0 Å². The molecule has 0 aromatic rings. The van der Waals surface area contributed by atoms with Crippen molar-refractivity contribution in [3.8, 4) is 0 Å². The van der Waals surface area contributed by atoms with Crippen LogP contribution in [0.3, 0.4) is 0 Å². The SMILES string of the molecule is CC(C)C[C@H](C(=O)O)[C@H](C)NC(N)=O. The van der Waals surface area contributed by atoms with E-state index in [0.717, 1.165) is 0 Å². The maximum Gasteiger partial charge on any atom is 0.312 e. The largest absolute Gasteiger partial charge is 0.481 e. The number of primary amides is 1. The van der Waals surface area contributed by atoms with Gasteiger partial charge in [-0.15, -0.1) is 0 Å². The van der Waals surface area contributed by atoms with Crippen molar-refractivity contribution in [2.24, 2.45) is 17.6 Å². The van der Waals surface area contributed by atoms with Crippen molar-refractivity contribution < 1.29 is 14.7 Å². The number of carboxylic acids is 1. The number of rotatable bonds is 5. The van der Waals surface area contributed by atoms with E-state index in [1.54, 1.807) is 6.92 Å². The number of carboxylic acid groups (broad SMARTS) is 1. The van der Waals surface area contributed by atoms with Crippen LogP contribution in [0, 0.1) is 11.8 Å². The highest BCUT2D eigenvalue weighted by Gasteiger charge is 2.26. The molecule has 0 aliphatic rings. The second kappa shape index (κ2) is 5.47. The summed E-state index contributed by atoms with van der Waals surface area (Å²) in [5, 5.41) is 11.3. The summed E-state index contributed by atoms with van der Waals surface area (Å²) < 4.78 is 0. The molecule has 2 amide bonds. The van der Waals surface area contributed by atoms with Gasteiger partial charge < -0.3 is 16.2 Å². The lowest BCUT2D eigenvalue weighted by Gasteiger charge is -2.21. The number of carbonyl (C=O) groups excluding carboxylic acids is 1. The fourth-order valence-electron chi connectivity index (χ4n) is 1.35. The number of urea groups is 1. The number of carbonyl (C=O) groups is 2. The Kier molecular flexibility index (Phi) is 4.97. The van der Waals surface area contributed by atoms with Gasteiger partial charge >= 0.3 is 12.0 Å². The third-order valence-electron chi connectivity index (χ3n) is 2.02. The van der Waals surface area contributed by atoms with Gasteiger partial charge in [-0.25, -0.2) is 4.79 Å². The molecular weight excluding hydrogens is 184 g/mol. The van der Waals surface area contributed by atoms with E-state index in [4.69, 9.17) is 10.8 Å². The van der Waals surface area contributed by atoms with Gasteiger partial charge in [0.1, 0.15) is 0 Å². The van der Waals surface area contributed by atoms with Crippen LogP contribution in [0.5, 0.6) is 0 Å². The van der Waals surface area contributed by atoms with Crippen LogP contribution in [0.4, 0.5) is 4.79 Å². The minimum absolute atomic E-state index is 0.272. The molecule has 2 atom stereocenters. The van der Waals surface area contributed by atoms with Crippen molar-refractivity contribution in [3.63, 3.8) is 0 Å². The molecule has 5 nitrogen and oxygen atoms in total. The topological polar surface area (TPSA) is 92.4 Å². The molecule has 0 rings (SSSR count). The summed E-state index contributed by atoms with van der Waals surface area (Å²) >= 11 is 0. The molecule has 4 N–H and O–H groups in total. The predicted octanol–water partition coefficient (Wildman–Crippen LogP) is 0.790. The molecule has 0 radical (unpaired) electrons. The summed E-state index contributed by atoms with van der Waals surface area (Å²) in [5.74, 6) is -1.21. The minimum atomic E-state index is -0.903. The number of aliphatic carboxylic acids is 1. The lowest BCUT2D eigenvalue weighted by atomic mass is 9.91. The van der Waals surface area contributed by atoms with Gasteiger partial charge in [-0.1, -0.05) is 13.8 Å². The van der Waals surface area contributed by atoms with Crippen LogP contribution < -0.4 is 11.1 Å². The molecule has 0 unspecified atom stereocenters. The predicted molar refractivity (Wildman–Crippen MR) is 52.8 cm³/mol. The molecule has 0 bridgehead atoms. The zero-order valence-electron chi connectivity index (χ0n) is 8.78. The van der Waals surface area contributed by atoms with Crippen LogP contribution in [0.1, 0.15) is 27.2 Å². The van der Waals surface area contributed by atoms with E-state index < -0.39 is 24.0 Å². The Bertz CT molecular complexity index is 216. The second-order valence-corrected chi connectivity index (χ2v) is 3.87. The highest BCUT2D eigenvalue weighted by atomic mass is 16.4. The van der Waals surface area contributed by atoms with E-state index in [2.05, 4.69) is 5.32 Å². The Morgan fingerprint density at radius 1 is 1.36 bits per heavy atom. The van der Waals surface area contributed by atoms with E-state index in [0.29, 0.717) is 6.42 Å². The van der Waals surface area contributed by atoms with Crippen LogP contribution in [0.2, 0.25) is 0 Å². The zero-order chi connectivity index (χ0) is 11.3.